The maximum atomic E-state index is 2.51. The Hall–Kier alpha value is -7.00. The van der Waals surface area contributed by atoms with Crippen LogP contribution in [-0.4, -0.2) is 12.6 Å². The van der Waals surface area contributed by atoms with Gasteiger partial charge in [0.1, 0.15) is 0 Å². The predicted octanol–water partition coefficient (Wildman–Crippen LogP) is 11.3. The highest BCUT2D eigenvalue weighted by Crippen LogP contribution is 2.43. The SMILES string of the molecule is c1ccc(-c2ccc([Si](c3ccccc3)(c3ccccc3)c3cccc(-n4c5ccccc5c5c6c7ccccc7c7ccccc7c6ccc54)c3)cc2)cc1. The first-order chi connectivity index (χ1) is 27.8. The highest BCUT2D eigenvalue weighted by Gasteiger charge is 2.41. The summed E-state index contributed by atoms with van der Waals surface area (Å²) in [6, 6.07) is 83.5. The van der Waals surface area contributed by atoms with Crippen LogP contribution in [0.4, 0.5) is 0 Å². The van der Waals surface area contributed by atoms with Gasteiger partial charge in [-0.15, -0.1) is 0 Å². The van der Waals surface area contributed by atoms with Gasteiger partial charge < -0.3 is 4.57 Å². The van der Waals surface area contributed by atoms with Crippen LogP contribution >= 0.6 is 0 Å². The zero-order chi connectivity index (χ0) is 37.1. The molecule has 0 saturated carbocycles. The minimum absolute atomic E-state index is 1.17. The van der Waals surface area contributed by atoms with E-state index < -0.39 is 8.07 Å². The van der Waals surface area contributed by atoms with E-state index in [1.165, 1.54) is 91.7 Å². The Morgan fingerprint density at radius 1 is 0.268 bits per heavy atom. The fraction of sp³-hybridized carbons (Fsp3) is 0. The van der Waals surface area contributed by atoms with Gasteiger partial charge in [-0.05, 0) is 83.1 Å². The third kappa shape index (κ3) is 4.86. The molecule has 1 heterocycles. The van der Waals surface area contributed by atoms with Gasteiger partial charge in [0.05, 0.1) is 11.0 Å². The summed E-state index contributed by atoms with van der Waals surface area (Å²) in [6.45, 7) is 0. The second-order valence-electron chi connectivity index (χ2n) is 14.8. The monoisotopic (exact) mass is 727 g/mol. The van der Waals surface area contributed by atoms with Crippen LogP contribution in [0.5, 0.6) is 0 Å². The number of nitrogens with zero attached hydrogens (tertiary/aromatic N) is 1. The van der Waals surface area contributed by atoms with Gasteiger partial charge >= 0.3 is 0 Å². The molecular weight excluding hydrogens is 691 g/mol. The van der Waals surface area contributed by atoms with Gasteiger partial charge in [0, 0.05) is 21.8 Å². The standard InChI is InChI=1S/C54H37NSi/c1-4-17-38(18-5-1)39-31-33-43(34-32-39)56(41-20-6-2-7-21-41,42-22-8-3-9-23-42)44-24-16-19-40(37-44)55-51-30-15-14-29-50(51)54-52(55)36-35-49-47-27-11-10-25-45(47)46-26-12-13-28-48(46)53(49)54/h1-37H. The molecule has 0 unspecified atom stereocenters. The molecular formula is C54H37NSi. The van der Waals surface area contributed by atoms with Crippen LogP contribution in [0.15, 0.2) is 224 Å². The predicted molar refractivity (Wildman–Crippen MR) is 242 cm³/mol. The molecule has 0 N–H and O–H groups in total. The summed E-state index contributed by atoms with van der Waals surface area (Å²) in [7, 11) is -2.83. The van der Waals surface area contributed by atoms with Crippen molar-refractivity contribution in [1.29, 1.82) is 0 Å². The first kappa shape index (κ1) is 32.4. The van der Waals surface area contributed by atoms with E-state index in [-0.39, 0.29) is 0 Å². The molecule has 56 heavy (non-hydrogen) atoms. The lowest BCUT2D eigenvalue weighted by molar-refractivity contribution is 1.18. The first-order valence-electron chi connectivity index (χ1n) is 19.4. The van der Waals surface area contributed by atoms with Crippen LogP contribution in [0.1, 0.15) is 0 Å². The molecule has 0 bridgehead atoms. The van der Waals surface area contributed by atoms with Crippen molar-refractivity contribution in [1.82, 2.24) is 4.57 Å². The van der Waals surface area contributed by atoms with E-state index in [4.69, 9.17) is 0 Å². The number of aromatic nitrogens is 1. The van der Waals surface area contributed by atoms with Crippen molar-refractivity contribution in [3.63, 3.8) is 0 Å². The molecule has 0 amide bonds. The third-order valence-electron chi connectivity index (χ3n) is 11.9. The molecule has 0 saturated heterocycles. The van der Waals surface area contributed by atoms with Gasteiger partial charge in [0.25, 0.3) is 0 Å². The fourth-order valence-corrected chi connectivity index (χ4v) is 14.3. The summed E-state index contributed by atoms with van der Waals surface area (Å²) >= 11 is 0. The van der Waals surface area contributed by atoms with Crippen molar-refractivity contribution in [2.45, 2.75) is 0 Å². The van der Waals surface area contributed by atoms with Gasteiger partial charge in [-0.1, -0.05) is 200 Å². The fourth-order valence-electron chi connectivity index (χ4n) is 9.53. The molecule has 1 nitrogen and oxygen atoms in total. The highest BCUT2D eigenvalue weighted by atomic mass is 28.3. The molecule has 0 spiro atoms. The van der Waals surface area contributed by atoms with E-state index in [0.29, 0.717) is 0 Å². The van der Waals surface area contributed by atoms with Crippen LogP contribution in [0.25, 0.3) is 70.9 Å². The maximum absolute atomic E-state index is 2.83. The molecule has 0 atom stereocenters. The molecule has 0 radical (unpaired) electrons. The summed E-state index contributed by atoms with van der Waals surface area (Å²) in [5.41, 5.74) is 6.05. The number of hydrogen-bond donors (Lipinski definition) is 0. The van der Waals surface area contributed by atoms with Crippen LogP contribution in [0, 0.1) is 0 Å². The Labute approximate surface area is 327 Å². The molecule has 0 aliphatic rings. The van der Waals surface area contributed by atoms with Crippen molar-refractivity contribution in [3.8, 4) is 16.8 Å². The normalized spacial score (nSPS) is 11.9. The lowest BCUT2D eigenvalue weighted by atomic mass is 9.92. The average molecular weight is 728 g/mol. The van der Waals surface area contributed by atoms with Gasteiger partial charge in [-0.25, -0.2) is 0 Å². The zero-order valence-electron chi connectivity index (χ0n) is 30.8. The minimum Gasteiger partial charge on any atom is -0.309 e. The number of hydrogen-bond acceptors (Lipinski definition) is 0. The second kappa shape index (κ2) is 13.1. The van der Waals surface area contributed by atoms with E-state index in [0.717, 1.165) is 0 Å². The Bertz CT molecular complexity index is 3140. The molecule has 0 fully saturated rings. The van der Waals surface area contributed by atoms with Crippen molar-refractivity contribution in [2.24, 2.45) is 0 Å². The molecule has 10 aromatic carbocycles. The van der Waals surface area contributed by atoms with E-state index in [2.05, 4.69) is 229 Å². The summed E-state index contributed by atoms with van der Waals surface area (Å²) in [4.78, 5) is 0. The van der Waals surface area contributed by atoms with E-state index in [1.54, 1.807) is 0 Å². The number of benzene rings is 10. The second-order valence-corrected chi connectivity index (χ2v) is 18.6. The number of rotatable bonds is 6. The maximum Gasteiger partial charge on any atom is 0.179 e. The molecule has 1 aromatic heterocycles. The Morgan fingerprint density at radius 3 is 1.38 bits per heavy atom. The molecule has 0 aliphatic heterocycles. The van der Waals surface area contributed by atoms with E-state index >= 15 is 0 Å². The van der Waals surface area contributed by atoms with Crippen molar-refractivity contribution in [3.05, 3.63) is 224 Å². The van der Waals surface area contributed by atoms with Crippen LogP contribution in [0.3, 0.4) is 0 Å². The molecule has 11 rings (SSSR count). The quantitative estimate of drug-likeness (QED) is 0.0913. The first-order valence-corrected chi connectivity index (χ1v) is 21.4. The minimum atomic E-state index is -2.83. The Balaban J connectivity index is 1.21. The molecule has 11 aromatic rings. The van der Waals surface area contributed by atoms with Crippen molar-refractivity contribution in [2.75, 3.05) is 0 Å². The van der Waals surface area contributed by atoms with E-state index in [9.17, 15) is 0 Å². The summed E-state index contributed by atoms with van der Waals surface area (Å²) in [6.07, 6.45) is 0. The topological polar surface area (TPSA) is 4.93 Å². The molecule has 0 aliphatic carbocycles. The van der Waals surface area contributed by atoms with Gasteiger partial charge in [0.15, 0.2) is 8.07 Å². The van der Waals surface area contributed by atoms with Gasteiger partial charge in [-0.3, -0.25) is 0 Å². The van der Waals surface area contributed by atoms with Crippen molar-refractivity contribution >= 4 is 82.9 Å². The summed E-state index contributed by atoms with van der Waals surface area (Å²) in [5, 5.41) is 15.8. The van der Waals surface area contributed by atoms with Crippen LogP contribution < -0.4 is 20.7 Å². The van der Waals surface area contributed by atoms with Crippen LogP contribution in [-0.2, 0) is 0 Å². The highest BCUT2D eigenvalue weighted by molar-refractivity contribution is 7.19. The number of fused-ring (bicyclic) bond motifs is 10. The molecule has 2 heteroatoms. The smallest absolute Gasteiger partial charge is 0.179 e. The summed E-state index contributed by atoms with van der Waals surface area (Å²) in [5.74, 6) is 0. The lowest BCUT2D eigenvalue weighted by Crippen LogP contribution is -2.74. The lowest BCUT2D eigenvalue weighted by Gasteiger charge is -2.35. The molecule has 262 valence electrons. The van der Waals surface area contributed by atoms with Crippen LogP contribution in [0.2, 0.25) is 0 Å². The Morgan fingerprint density at radius 2 is 0.732 bits per heavy atom. The average Bonchev–Trinajstić information content (AvgIpc) is 3.63. The van der Waals surface area contributed by atoms with Gasteiger partial charge in [-0.2, -0.15) is 0 Å². The van der Waals surface area contributed by atoms with E-state index in [1.807, 2.05) is 0 Å². The Kier molecular flexibility index (Phi) is 7.58. The third-order valence-corrected chi connectivity index (χ3v) is 16.7. The van der Waals surface area contributed by atoms with Gasteiger partial charge in [0.2, 0.25) is 0 Å². The summed E-state index contributed by atoms with van der Waals surface area (Å²) < 4.78 is 2.51. The van der Waals surface area contributed by atoms with Crippen molar-refractivity contribution < 1.29 is 0 Å². The largest absolute Gasteiger partial charge is 0.309 e. The zero-order valence-corrected chi connectivity index (χ0v) is 31.8. The number of para-hydroxylation sites is 1.